The number of rotatable bonds is 6. The molecule has 2 aliphatic heterocycles. The van der Waals surface area contributed by atoms with Crippen LogP contribution in [-0.4, -0.2) is 84.6 Å². The van der Waals surface area contributed by atoms with Gasteiger partial charge in [-0.2, -0.15) is 4.98 Å². The standard InChI is InChI=1S/C27H30BrN8O3P/c1-35-9-10-36-16(14-35)15-39-23-11-20(22(38-2)12-21(23)36)33-27-31-13-17(28)26(34-27)32-19-6-5-18-24(30-8-7-29-18)25(19)40(3,4)37/h5-8,11-13,16H,9-10,14-15H2,1-4H3,(H2,31,32,33,34)/t16-/m1/s1. The van der Waals surface area contributed by atoms with Crippen LogP contribution in [0.2, 0.25) is 0 Å². The second kappa shape index (κ2) is 10.5. The minimum Gasteiger partial charge on any atom is -0.494 e. The average Bonchev–Trinajstić information content (AvgIpc) is 2.93. The number of fused-ring (bicyclic) bond motifs is 4. The lowest BCUT2D eigenvalue weighted by Crippen LogP contribution is -2.56. The summed E-state index contributed by atoms with van der Waals surface area (Å²) in [6.07, 6.45) is 4.89. The molecule has 4 heterocycles. The third kappa shape index (κ3) is 5.07. The molecule has 4 aromatic rings. The Hall–Kier alpha value is -3.47. The number of methoxy groups -OCH3 is 1. The second-order valence-corrected chi connectivity index (χ2v) is 14.3. The number of nitrogens with zero attached hydrogens (tertiary/aromatic N) is 6. The van der Waals surface area contributed by atoms with E-state index >= 15 is 0 Å². The molecule has 40 heavy (non-hydrogen) atoms. The van der Waals surface area contributed by atoms with E-state index in [0.717, 1.165) is 31.1 Å². The fourth-order valence-electron chi connectivity index (χ4n) is 5.24. The van der Waals surface area contributed by atoms with Crippen LogP contribution in [0.15, 0.2) is 47.3 Å². The van der Waals surface area contributed by atoms with Crippen LogP contribution < -0.4 is 30.3 Å². The van der Waals surface area contributed by atoms with E-state index in [1.54, 1.807) is 39.0 Å². The number of halogens is 1. The van der Waals surface area contributed by atoms with Crippen LogP contribution >= 0.6 is 23.1 Å². The van der Waals surface area contributed by atoms with Crippen molar-refractivity contribution in [2.24, 2.45) is 0 Å². The van der Waals surface area contributed by atoms with Crippen molar-refractivity contribution in [2.75, 3.05) is 69.3 Å². The van der Waals surface area contributed by atoms with Gasteiger partial charge in [0.05, 0.1) is 45.5 Å². The number of nitrogens with one attached hydrogen (secondary N) is 2. The Morgan fingerprint density at radius 2 is 1.93 bits per heavy atom. The quantitative estimate of drug-likeness (QED) is 0.296. The first-order chi connectivity index (χ1) is 19.2. The van der Waals surface area contributed by atoms with E-state index in [0.29, 0.717) is 62.3 Å². The topological polar surface area (TPSA) is 118 Å². The fraction of sp³-hybridized carbons (Fsp3) is 0.333. The summed E-state index contributed by atoms with van der Waals surface area (Å²) in [6.45, 7) is 6.96. The van der Waals surface area contributed by atoms with E-state index in [1.165, 1.54) is 0 Å². The van der Waals surface area contributed by atoms with Crippen LogP contribution in [-0.2, 0) is 4.57 Å². The van der Waals surface area contributed by atoms with Crippen LogP contribution in [0.3, 0.4) is 0 Å². The zero-order chi connectivity index (χ0) is 28.0. The lowest BCUT2D eigenvalue weighted by Gasteiger charge is -2.44. The molecular weight excluding hydrogens is 595 g/mol. The summed E-state index contributed by atoms with van der Waals surface area (Å²) in [5.74, 6) is 2.32. The minimum atomic E-state index is -2.73. The number of ether oxygens (including phenoxy) is 2. The van der Waals surface area contributed by atoms with Gasteiger partial charge in [-0.05, 0) is 48.4 Å². The molecule has 0 spiro atoms. The molecule has 0 bridgehead atoms. The Morgan fingerprint density at radius 1 is 1.10 bits per heavy atom. The summed E-state index contributed by atoms with van der Waals surface area (Å²) in [4.78, 5) is 22.7. The van der Waals surface area contributed by atoms with Crippen LogP contribution in [0.5, 0.6) is 11.5 Å². The highest BCUT2D eigenvalue weighted by Crippen LogP contribution is 2.44. The Labute approximate surface area is 240 Å². The average molecular weight is 625 g/mol. The first kappa shape index (κ1) is 26.7. The monoisotopic (exact) mass is 624 g/mol. The number of likely N-dealkylation sites (N-methyl/N-ethyl adjacent to an activating group) is 1. The second-order valence-electron chi connectivity index (χ2n) is 10.3. The molecule has 13 heteroatoms. The van der Waals surface area contributed by atoms with E-state index in [2.05, 4.69) is 58.4 Å². The number of benzene rings is 2. The van der Waals surface area contributed by atoms with Crippen LogP contribution in [0, 0.1) is 0 Å². The van der Waals surface area contributed by atoms with E-state index in [-0.39, 0.29) is 0 Å². The highest BCUT2D eigenvalue weighted by atomic mass is 79.9. The van der Waals surface area contributed by atoms with Crippen molar-refractivity contribution in [2.45, 2.75) is 6.04 Å². The molecule has 6 rings (SSSR count). The lowest BCUT2D eigenvalue weighted by atomic mass is 10.1. The maximum absolute atomic E-state index is 13.3. The molecule has 0 amide bonds. The zero-order valence-corrected chi connectivity index (χ0v) is 25.2. The molecule has 1 saturated heterocycles. The third-order valence-electron chi connectivity index (χ3n) is 7.10. The highest BCUT2D eigenvalue weighted by Gasteiger charge is 2.33. The fourth-order valence-corrected chi connectivity index (χ4v) is 6.93. The van der Waals surface area contributed by atoms with E-state index in [9.17, 15) is 4.57 Å². The van der Waals surface area contributed by atoms with Gasteiger partial charge in [-0.25, -0.2) is 4.98 Å². The maximum Gasteiger partial charge on any atom is 0.229 e. The maximum atomic E-state index is 13.3. The van der Waals surface area contributed by atoms with Crippen molar-refractivity contribution in [3.8, 4) is 11.5 Å². The summed E-state index contributed by atoms with van der Waals surface area (Å²) in [7, 11) is 1.05. The Kier molecular flexibility index (Phi) is 7.02. The van der Waals surface area contributed by atoms with E-state index in [1.807, 2.05) is 24.3 Å². The molecule has 0 saturated carbocycles. The molecular formula is C27H30BrN8O3P. The number of piperazine rings is 1. The van der Waals surface area contributed by atoms with Crippen molar-refractivity contribution in [1.29, 1.82) is 0 Å². The first-order valence-corrected chi connectivity index (χ1v) is 16.3. The summed E-state index contributed by atoms with van der Waals surface area (Å²) in [5.41, 5.74) is 3.65. The lowest BCUT2D eigenvalue weighted by molar-refractivity contribution is 0.188. The molecule has 2 aromatic heterocycles. The van der Waals surface area contributed by atoms with Gasteiger partial charge in [0.15, 0.2) is 0 Å². The first-order valence-electron chi connectivity index (χ1n) is 12.9. The zero-order valence-electron chi connectivity index (χ0n) is 22.7. The summed E-state index contributed by atoms with van der Waals surface area (Å²) in [6, 6.07) is 7.96. The highest BCUT2D eigenvalue weighted by molar-refractivity contribution is 9.10. The van der Waals surface area contributed by atoms with Crippen molar-refractivity contribution in [3.63, 3.8) is 0 Å². The van der Waals surface area contributed by atoms with E-state index < -0.39 is 7.14 Å². The molecule has 2 N–H and O–H groups in total. The predicted octanol–water partition coefficient (Wildman–Crippen LogP) is 4.44. The Balaban J connectivity index is 1.32. The van der Waals surface area contributed by atoms with Gasteiger partial charge in [-0.15, -0.1) is 0 Å². The number of aromatic nitrogens is 4. The smallest absolute Gasteiger partial charge is 0.229 e. The van der Waals surface area contributed by atoms with Gasteiger partial charge in [0.2, 0.25) is 5.95 Å². The number of hydrogen-bond donors (Lipinski definition) is 2. The summed E-state index contributed by atoms with van der Waals surface area (Å²) >= 11 is 3.55. The van der Waals surface area contributed by atoms with Crippen LogP contribution in [0.4, 0.5) is 28.8 Å². The van der Waals surface area contributed by atoms with Crippen LogP contribution in [0.25, 0.3) is 11.0 Å². The normalized spacial score (nSPS) is 17.1. The molecule has 0 aliphatic carbocycles. The van der Waals surface area contributed by atoms with Gasteiger partial charge in [-0.1, -0.05) is 0 Å². The molecule has 2 aromatic carbocycles. The van der Waals surface area contributed by atoms with E-state index in [4.69, 9.17) is 14.5 Å². The molecule has 11 nitrogen and oxygen atoms in total. The van der Waals surface area contributed by atoms with Crippen molar-refractivity contribution < 1.29 is 14.0 Å². The van der Waals surface area contributed by atoms with Gasteiger partial charge in [0, 0.05) is 50.4 Å². The van der Waals surface area contributed by atoms with Crippen molar-refractivity contribution in [1.82, 2.24) is 24.8 Å². The molecule has 1 fully saturated rings. The van der Waals surface area contributed by atoms with Crippen LogP contribution in [0.1, 0.15) is 0 Å². The van der Waals surface area contributed by atoms with Gasteiger partial charge in [0.1, 0.15) is 36.6 Å². The Bertz CT molecular complexity index is 1650. The van der Waals surface area contributed by atoms with Gasteiger partial charge < -0.3 is 34.5 Å². The van der Waals surface area contributed by atoms with Gasteiger partial charge in [-0.3, -0.25) is 9.97 Å². The van der Waals surface area contributed by atoms with Crippen molar-refractivity contribution >= 4 is 68.2 Å². The number of anilines is 5. The van der Waals surface area contributed by atoms with Crippen molar-refractivity contribution in [3.05, 3.63) is 47.3 Å². The molecule has 2 aliphatic rings. The SMILES string of the molecule is COc1cc2c(cc1Nc1ncc(Br)c(Nc3ccc4nccnc4c3P(C)(C)=O)n1)OC[C@H]1CN(C)CCN21. The number of hydrogen-bond acceptors (Lipinski definition) is 11. The Morgan fingerprint density at radius 3 is 2.73 bits per heavy atom. The predicted molar refractivity (Wildman–Crippen MR) is 162 cm³/mol. The molecule has 0 radical (unpaired) electrons. The van der Waals surface area contributed by atoms with Gasteiger partial charge in [0.25, 0.3) is 0 Å². The molecule has 0 unspecified atom stereocenters. The summed E-state index contributed by atoms with van der Waals surface area (Å²) < 4.78 is 25.9. The third-order valence-corrected chi connectivity index (χ3v) is 9.21. The summed E-state index contributed by atoms with van der Waals surface area (Å²) in [5, 5.41) is 7.24. The van der Waals surface area contributed by atoms with Gasteiger partial charge >= 0.3 is 0 Å². The largest absolute Gasteiger partial charge is 0.494 e. The molecule has 1 atom stereocenters. The molecule has 208 valence electrons. The minimum absolute atomic E-state index is 0.311.